The topological polar surface area (TPSA) is 34.1 Å². The predicted octanol–water partition coefficient (Wildman–Crippen LogP) is 3.28. The third-order valence-corrected chi connectivity index (χ3v) is 4.09. The molecule has 0 saturated heterocycles. The molecule has 0 atom stereocenters. The minimum Gasteiger partial charge on any atom is -0.224 e. The molecule has 0 amide bonds. The van der Waals surface area contributed by atoms with Crippen LogP contribution in [0.3, 0.4) is 0 Å². The third kappa shape index (κ3) is 3.73. The summed E-state index contributed by atoms with van der Waals surface area (Å²) in [5.74, 6) is -0.120. The minimum atomic E-state index is -4.52. The van der Waals surface area contributed by atoms with Crippen LogP contribution in [0.25, 0.3) is 0 Å². The minimum absolute atomic E-state index is 0.120. The van der Waals surface area contributed by atoms with Crippen LogP contribution in [0.1, 0.15) is 25.3 Å². The Morgan fingerprint density at radius 3 is 2.41 bits per heavy atom. The molecular formula is C11H13F3O2S. The lowest BCUT2D eigenvalue weighted by Gasteiger charge is -2.09. The number of benzene rings is 1. The molecule has 0 bridgehead atoms. The summed E-state index contributed by atoms with van der Waals surface area (Å²) in [6, 6.07) is 3.85. The Balaban J connectivity index is 3.08. The molecule has 2 nitrogen and oxygen atoms in total. The molecule has 0 aliphatic heterocycles. The summed E-state index contributed by atoms with van der Waals surface area (Å²) in [4.78, 5) is -0.263. The van der Waals surface area contributed by atoms with Crippen LogP contribution in [-0.2, 0) is 16.0 Å². The Kier molecular flexibility index (Phi) is 4.19. The van der Waals surface area contributed by atoms with E-state index >= 15 is 0 Å². The summed E-state index contributed by atoms with van der Waals surface area (Å²) in [7, 11) is -3.61. The van der Waals surface area contributed by atoms with E-state index in [0.29, 0.717) is 18.9 Å². The van der Waals surface area contributed by atoms with Crippen LogP contribution in [0.2, 0.25) is 0 Å². The quantitative estimate of drug-likeness (QED) is 0.838. The summed E-state index contributed by atoms with van der Waals surface area (Å²) in [6.45, 7) is 1.82. The molecule has 0 N–H and O–H groups in total. The fourth-order valence-corrected chi connectivity index (χ4v) is 2.81. The molecule has 1 rings (SSSR count). The summed E-state index contributed by atoms with van der Waals surface area (Å²) >= 11 is 0. The third-order valence-electron chi connectivity index (χ3n) is 2.29. The van der Waals surface area contributed by atoms with Gasteiger partial charge in [0.1, 0.15) is 0 Å². The van der Waals surface area contributed by atoms with Crippen LogP contribution >= 0.6 is 0 Å². The number of hydrogen-bond acceptors (Lipinski definition) is 2. The molecule has 0 fully saturated rings. The van der Waals surface area contributed by atoms with Gasteiger partial charge in [0.25, 0.3) is 0 Å². The second kappa shape index (κ2) is 5.08. The summed E-state index contributed by atoms with van der Waals surface area (Å²) in [5.41, 5.74) is -0.935. The van der Waals surface area contributed by atoms with Crippen molar-refractivity contribution in [3.63, 3.8) is 0 Å². The number of halogens is 3. The number of alkyl halides is 3. The second-order valence-corrected chi connectivity index (χ2v) is 5.81. The van der Waals surface area contributed by atoms with Gasteiger partial charge in [-0.1, -0.05) is 19.4 Å². The van der Waals surface area contributed by atoms with Crippen molar-refractivity contribution >= 4 is 9.84 Å². The van der Waals surface area contributed by atoms with Crippen LogP contribution in [0.5, 0.6) is 0 Å². The largest absolute Gasteiger partial charge is 0.416 e. The maximum absolute atomic E-state index is 12.4. The zero-order chi connectivity index (χ0) is 13.1. The molecule has 0 unspecified atom stereocenters. The highest BCUT2D eigenvalue weighted by molar-refractivity contribution is 7.91. The van der Waals surface area contributed by atoms with Gasteiger partial charge in [-0.05, 0) is 24.6 Å². The van der Waals surface area contributed by atoms with Gasteiger partial charge in [0.05, 0.1) is 16.2 Å². The zero-order valence-electron chi connectivity index (χ0n) is 9.29. The van der Waals surface area contributed by atoms with Crippen molar-refractivity contribution < 1.29 is 21.6 Å². The Labute approximate surface area is 98.4 Å². The first kappa shape index (κ1) is 14.0. The second-order valence-electron chi connectivity index (χ2n) is 3.70. The summed E-state index contributed by atoms with van der Waals surface area (Å²) in [5, 5.41) is 0. The molecule has 6 heteroatoms. The molecule has 0 saturated carbocycles. The Hall–Kier alpha value is -1.04. The van der Waals surface area contributed by atoms with Gasteiger partial charge >= 0.3 is 6.18 Å². The van der Waals surface area contributed by atoms with Gasteiger partial charge in [0, 0.05) is 0 Å². The van der Waals surface area contributed by atoms with Gasteiger partial charge in [0.2, 0.25) is 0 Å². The van der Waals surface area contributed by atoms with Gasteiger partial charge in [0.15, 0.2) is 9.84 Å². The number of unbranched alkanes of at least 4 members (excludes halogenated alkanes) is 1. The van der Waals surface area contributed by atoms with Crippen LogP contribution in [0.4, 0.5) is 13.2 Å². The lowest BCUT2D eigenvalue weighted by molar-refractivity contribution is -0.137. The number of rotatable bonds is 4. The van der Waals surface area contributed by atoms with Crippen LogP contribution in [0, 0.1) is 0 Å². The number of hydrogen-bond donors (Lipinski definition) is 0. The van der Waals surface area contributed by atoms with E-state index < -0.39 is 21.6 Å². The standard InChI is InChI=1S/C11H13F3O2S/c1-2-3-7-17(15,16)10-6-4-5-9(8-10)11(12,13)14/h4-6,8H,2-3,7H2,1H3. The maximum Gasteiger partial charge on any atom is 0.416 e. The van der Waals surface area contributed by atoms with Gasteiger partial charge in [-0.15, -0.1) is 0 Å². The van der Waals surface area contributed by atoms with Crippen molar-refractivity contribution in [3.8, 4) is 0 Å². The average Bonchev–Trinajstić information content (AvgIpc) is 2.25. The van der Waals surface area contributed by atoms with Crippen molar-refractivity contribution in [2.24, 2.45) is 0 Å². The summed E-state index contributed by atoms with van der Waals surface area (Å²) < 4.78 is 60.6. The molecule has 96 valence electrons. The predicted molar refractivity (Wildman–Crippen MR) is 58.4 cm³/mol. The molecular weight excluding hydrogens is 253 g/mol. The van der Waals surface area contributed by atoms with Gasteiger partial charge in [-0.2, -0.15) is 13.2 Å². The SMILES string of the molecule is CCCCS(=O)(=O)c1cccc(C(F)(F)F)c1. The molecule has 17 heavy (non-hydrogen) atoms. The fraction of sp³-hybridized carbons (Fsp3) is 0.455. The molecule has 1 aromatic carbocycles. The monoisotopic (exact) mass is 266 g/mol. The van der Waals surface area contributed by atoms with Crippen molar-refractivity contribution in [3.05, 3.63) is 29.8 Å². The first-order chi connectivity index (χ1) is 7.77. The molecule has 1 aromatic rings. The van der Waals surface area contributed by atoms with Crippen molar-refractivity contribution in [2.45, 2.75) is 30.8 Å². The van der Waals surface area contributed by atoms with Gasteiger partial charge < -0.3 is 0 Å². The first-order valence-electron chi connectivity index (χ1n) is 5.17. The van der Waals surface area contributed by atoms with Crippen molar-refractivity contribution in [1.82, 2.24) is 0 Å². The highest BCUT2D eigenvalue weighted by Crippen LogP contribution is 2.30. The molecule has 0 aromatic heterocycles. The van der Waals surface area contributed by atoms with E-state index in [4.69, 9.17) is 0 Å². The molecule has 0 radical (unpaired) electrons. The molecule has 0 spiro atoms. The van der Waals surface area contributed by atoms with E-state index in [1.807, 2.05) is 6.92 Å². The maximum atomic E-state index is 12.4. The van der Waals surface area contributed by atoms with E-state index in [9.17, 15) is 21.6 Å². The van der Waals surface area contributed by atoms with E-state index in [-0.39, 0.29) is 10.6 Å². The fourth-order valence-electron chi connectivity index (χ4n) is 1.32. The molecule has 0 aliphatic carbocycles. The Morgan fingerprint density at radius 1 is 1.24 bits per heavy atom. The smallest absolute Gasteiger partial charge is 0.224 e. The Bertz CT molecular complexity index is 478. The highest BCUT2D eigenvalue weighted by atomic mass is 32.2. The van der Waals surface area contributed by atoms with Crippen LogP contribution in [-0.4, -0.2) is 14.2 Å². The lowest BCUT2D eigenvalue weighted by Crippen LogP contribution is -2.10. The van der Waals surface area contributed by atoms with E-state index in [0.717, 1.165) is 12.1 Å². The highest BCUT2D eigenvalue weighted by Gasteiger charge is 2.31. The van der Waals surface area contributed by atoms with E-state index in [2.05, 4.69) is 0 Å². The first-order valence-corrected chi connectivity index (χ1v) is 6.82. The zero-order valence-corrected chi connectivity index (χ0v) is 10.1. The van der Waals surface area contributed by atoms with Crippen molar-refractivity contribution in [2.75, 3.05) is 5.75 Å². The Morgan fingerprint density at radius 2 is 1.88 bits per heavy atom. The average molecular weight is 266 g/mol. The molecule has 0 aliphatic rings. The van der Waals surface area contributed by atoms with Crippen LogP contribution in [0.15, 0.2) is 29.2 Å². The number of sulfone groups is 1. The lowest BCUT2D eigenvalue weighted by atomic mass is 10.2. The van der Waals surface area contributed by atoms with Crippen molar-refractivity contribution in [1.29, 1.82) is 0 Å². The van der Waals surface area contributed by atoms with Crippen LogP contribution < -0.4 is 0 Å². The van der Waals surface area contributed by atoms with E-state index in [1.54, 1.807) is 0 Å². The van der Waals surface area contributed by atoms with E-state index in [1.165, 1.54) is 6.07 Å². The normalized spacial score (nSPS) is 12.7. The van der Waals surface area contributed by atoms with Gasteiger partial charge in [-0.3, -0.25) is 0 Å². The molecule has 0 heterocycles. The van der Waals surface area contributed by atoms with Gasteiger partial charge in [-0.25, -0.2) is 8.42 Å². The summed E-state index contributed by atoms with van der Waals surface area (Å²) in [6.07, 6.45) is -3.40.